The molecule has 0 aromatic carbocycles. The predicted octanol–water partition coefficient (Wildman–Crippen LogP) is 3.98. The maximum atomic E-state index is 12.1. The molecule has 0 aromatic rings. The average molecular weight is 269 g/mol. The van der Waals surface area contributed by atoms with Gasteiger partial charge >= 0.3 is 6.18 Å². The number of halogens is 3. The Morgan fingerprint density at radius 2 is 2.12 bits per heavy atom. The van der Waals surface area contributed by atoms with Crippen molar-refractivity contribution in [3.05, 3.63) is 0 Å². The van der Waals surface area contributed by atoms with Gasteiger partial charge in [0.15, 0.2) is 0 Å². The van der Waals surface area contributed by atoms with E-state index in [1.807, 2.05) is 18.7 Å². The van der Waals surface area contributed by atoms with Gasteiger partial charge in [-0.05, 0) is 44.9 Å². The van der Waals surface area contributed by atoms with Crippen LogP contribution in [-0.4, -0.2) is 29.3 Å². The molecule has 1 aliphatic rings. The fraction of sp³-hybridized carbons (Fsp3) is 1.00. The Labute approximate surface area is 106 Å². The van der Waals surface area contributed by atoms with Crippen LogP contribution in [0.3, 0.4) is 0 Å². The maximum absolute atomic E-state index is 12.1. The van der Waals surface area contributed by atoms with E-state index in [2.05, 4.69) is 12.2 Å². The first-order chi connectivity index (χ1) is 7.87. The monoisotopic (exact) mass is 269 g/mol. The van der Waals surface area contributed by atoms with E-state index >= 15 is 0 Å². The molecule has 0 aliphatic carbocycles. The summed E-state index contributed by atoms with van der Waals surface area (Å²) in [4.78, 5) is 0. The van der Waals surface area contributed by atoms with Gasteiger partial charge in [-0.25, -0.2) is 0 Å². The van der Waals surface area contributed by atoms with Crippen LogP contribution in [-0.2, 0) is 0 Å². The zero-order chi connectivity index (χ0) is 12.9. The Morgan fingerprint density at radius 3 is 2.59 bits per heavy atom. The molecule has 0 spiro atoms. The molecule has 1 N–H and O–H groups in total. The third-order valence-corrected chi connectivity index (χ3v) is 5.03. The molecule has 0 amide bonds. The van der Waals surface area contributed by atoms with Crippen molar-refractivity contribution in [1.82, 2.24) is 5.32 Å². The molecule has 1 fully saturated rings. The summed E-state index contributed by atoms with van der Waals surface area (Å²) in [7, 11) is 0. The van der Waals surface area contributed by atoms with Crippen LogP contribution >= 0.6 is 11.8 Å². The van der Waals surface area contributed by atoms with Gasteiger partial charge in [-0.3, -0.25) is 0 Å². The normalized spacial score (nSPS) is 27.4. The third kappa shape index (κ3) is 5.08. The Bertz CT molecular complexity index is 224. The van der Waals surface area contributed by atoms with E-state index in [-0.39, 0.29) is 17.2 Å². The van der Waals surface area contributed by atoms with Crippen molar-refractivity contribution >= 4 is 11.8 Å². The van der Waals surface area contributed by atoms with Crippen LogP contribution in [0, 0.1) is 0 Å². The summed E-state index contributed by atoms with van der Waals surface area (Å²) < 4.78 is 36.5. The smallest absolute Gasteiger partial charge is 0.313 e. The van der Waals surface area contributed by atoms with Gasteiger partial charge in [-0.1, -0.05) is 6.92 Å². The molecule has 1 rings (SSSR count). The molecular formula is C12H22F3NS. The van der Waals surface area contributed by atoms with Crippen molar-refractivity contribution < 1.29 is 13.2 Å². The highest BCUT2D eigenvalue weighted by Gasteiger charge is 2.37. The van der Waals surface area contributed by atoms with Gasteiger partial charge in [0.25, 0.3) is 0 Å². The molecule has 1 saturated heterocycles. The van der Waals surface area contributed by atoms with Crippen molar-refractivity contribution in [3.63, 3.8) is 0 Å². The largest absolute Gasteiger partial charge is 0.389 e. The Kier molecular flexibility index (Phi) is 5.64. The van der Waals surface area contributed by atoms with Crippen LogP contribution in [0.2, 0.25) is 0 Å². The molecule has 1 nitrogen and oxygen atoms in total. The summed E-state index contributed by atoms with van der Waals surface area (Å²) in [6.07, 6.45) is -1.52. The average Bonchev–Trinajstić information content (AvgIpc) is 2.63. The van der Waals surface area contributed by atoms with E-state index in [4.69, 9.17) is 0 Å². The molecule has 0 aromatic heterocycles. The lowest BCUT2D eigenvalue weighted by molar-refractivity contribution is -0.135. The van der Waals surface area contributed by atoms with Crippen LogP contribution in [0.1, 0.15) is 46.0 Å². The zero-order valence-corrected chi connectivity index (χ0v) is 11.4. The van der Waals surface area contributed by atoms with Crippen LogP contribution in [0.4, 0.5) is 13.2 Å². The molecule has 1 aliphatic heterocycles. The van der Waals surface area contributed by atoms with Gasteiger partial charge < -0.3 is 5.32 Å². The predicted molar refractivity (Wildman–Crippen MR) is 67.5 cm³/mol. The summed E-state index contributed by atoms with van der Waals surface area (Å²) >= 11 is 1.91. The lowest BCUT2D eigenvalue weighted by Crippen LogP contribution is -2.45. The van der Waals surface area contributed by atoms with Crippen molar-refractivity contribution in [2.24, 2.45) is 0 Å². The molecule has 0 saturated carbocycles. The summed E-state index contributed by atoms with van der Waals surface area (Å²) in [5.41, 5.74) is 0. The highest BCUT2D eigenvalue weighted by molar-refractivity contribution is 8.00. The molecule has 2 atom stereocenters. The highest BCUT2D eigenvalue weighted by Crippen LogP contribution is 2.42. The first-order valence-corrected chi connectivity index (χ1v) is 7.30. The second-order valence-corrected chi connectivity index (χ2v) is 6.51. The van der Waals surface area contributed by atoms with E-state index in [0.29, 0.717) is 6.42 Å². The maximum Gasteiger partial charge on any atom is 0.389 e. The van der Waals surface area contributed by atoms with Gasteiger partial charge in [0.2, 0.25) is 0 Å². The standard InChI is InChI=1S/C12H22F3NS/c1-3-16-10(6-4-8-12(13,14)15)11(2)7-5-9-17-11/h10,16H,3-9H2,1-2H3. The lowest BCUT2D eigenvalue weighted by atomic mass is 9.92. The summed E-state index contributed by atoms with van der Waals surface area (Å²) in [6.45, 7) is 5.03. The fourth-order valence-corrected chi connectivity index (χ4v) is 3.90. The van der Waals surface area contributed by atoms with E-state index in [9.17, 15) is 13.2 Å². The minimum absolute atomic E-state index is 0.127. The van der Waals surface area contributed by atoms with E-state index in [0.717, 1.165) is 18.7 Å². The lowest BCUT2D eigenvalue weighted by Gasteiger charge is -2.34. The van der Waals surface area contributed by atoms with Crippen LogP contribution < -0.4 is 5.32 Å². The molecule has 2 unspecified atom stereocenters. The van der Waals surface area contributed by atoms with Crippen LogP contribution in [0.15, 0.2) is 0 Å². The summed E-state index contributed by atoms with van der Waals surface area (Å²) in [5, 5.41) is 3.36. The molecule has 1 heterocycles. The fourth-order valence-electron chi connectivity index (χ4n) is 2.45. The molecule has 0 radical (unpaired) electrons. The Balaban J connectivity index is 2.43. The van der Waals surface area contributed by atoms with Crippen molar-refractivity contribution in [1.29, 1.82) is 0 Å². The first-order valence-electron chi connectivity index (χ1n) is 6.31. The SMILES string of the molecule is CCNC(CCCC(F)(F)F)C1(C)CCCS1. The topological polar surface area (TPSA) is 12.0 Å². The second kappa shape index (κ2) is 6.32. The Hall–Kier alpha value is 0.100. The van der Waals surface area contributed by atoms with Gasteiger partial charge in [0.1, 0.15) is 0 Å². The number of nitrogens with one attached hydrogen (secondary N) is 1. The van der Waals surface area contributed by atoms with Gasteiger partial charge in [-0.15, -0.1) is 0 Å². The number of rotatable bonds is 6. The highest BCUT2D eigenvalue weighted by atomic mass is 32.2. The van der Waals surface area contributed by atoms with Crippen molar-refractivity contribution in [3.8, 4) is 0 Å². The summed E-state index contributed by atoms with van der Waals surface area (Å²) in [6, 6.07) is 0.211. The molecule has 0 bridgehead atoms. The number of thioether (sulfide) groups is 1. The van der Waals surface area contributed by atoms with Crippen molar-refractivity contribution in [2.75, 3.05) is 12.3 Å². The van der Waals surface area contributed by atoms with Gasteiger partial charge in [0.05, 0.1) is 0 Å². The number of hydrogen-bond acceptors (Lipinski definition) is 2. The van der Waals surface area contributed by atoms with E-state index < -0.39 is 12.6 Å². The van der Waals surface area contributed by atoms with E-state index in [1.54, 1.807) is 0 Å². The van der Waals surface area contributed by atoms with Crippen LogP contribution in [0.5, 0.6) is 0 Å². The summed E-state index contributed by atoms with van der Waals surface area (Å²) in [5.74, 6) is 1.14. The molecular weight excluding hydrogens is 247 g/mol. The minimum atomic E-state index is -4.01. The molecule has 5 heteroatoms. The van der Waals surface area contributed by atoms with Crippen molar-refractivity contribution in [2.45, 2.75) is 62.9 Å². The van der Waals surface area contributed by atoms with E-state index in [1.165, 1.54) is 6.42 Å². The molecule has 17 heavy (non-hydrogen) atoms. The number of hydrogen-bond donors (Lipinski definition) is 1. The third-order valence-electron chi connectivity index (χ3n) is 3.39. The quantitative estimate of drug-likeness (QED) is 0.782. The van der Waals surface area contributed by atoms with Gasteiger partial charge in [0, 0.05) is 17.2 Å². The van der Waals surface area contributed by atoms with Crippen LogP contribution in [0.25, 0.3) is 0 Å². The Morgan fingerprint density at radius 1 is 1.41 bits per heavy atom. The zero-order valence-electron chi connectivity index (χ0n) is 10.6. The minimum Gasteiger partial charge on any atom is -0.313 e. The van der Waals surface area contributed by atoms with Gasteiger partial charge in [-0.2, -0.15) is 24.9 Å². The second-order valence-electron chi connectivity index (χ2n) is 4.88. The molecule has 102 valence electrons. The first kappa shape index (κ1) is 15.2. The number of alkyl halides is 3.